The second-order valence-corrected chi connectivity index (χ2v) is 3.19. The molecule has 0 aromatic rings. The Kier molecular flexibility index (Phi) is 3.05. The first kappa shape index (κ1) is 9.47. The van der Waals surface area contributed by atoms with Crippen molar-refractivity contribution in [1.29, 1.82) is 0 Å². The summed E-state index contributed by atoms with van der Waals surface area (Å²) in [5.41, 5.74) is 0. The van der Waals surface area contributed by atoms with Crippen molar-refractivity contribution in [2.45, 2.75) is 25.2 Å². The van der Waals surface area contributed by atoms with Gasteiger partial charge in [0.1, 0.15) is 0 Å². The van der Waals surface area contributed by atoms with Crippen LogP contribution in [0, 0.1) is 12.3 Å². The molecular weight excluding hydrogens is 160 g/mol. The molecule has 0 spiro atoms. The maximum absolute atomic E-state index is 12.8. The molecule has 0 atom stereocenters. The number of terminal acetylenes is 1. The predicted octanol–water partition coefficient (Wildman–Crippen LogP) is 1.74. The van der Waals surface area contributed by atoms with Gasteiger partial charge in [0.2, 0.25) is 0 Å². The number of likely N-dealkylation sites (tertiary alicyclic amines) is 1. The minimum Gasteiger partial charge on any atom is -0.297 e. The lowest BCUT2D eigenvalue weighted by molar-refractivity contribution is -0.0632. The van der Waals surface area contributed by atoms with Crippen molar-refractivity contribution < 1.29 is 8.78 Å². The highest BCUT2D eigenvalue weighted by Gasteiger charge is 2.34. The van der Waals surface area contributed by atoms with Gasteiger partial charge in [-0.05, 0) is 13.0 Å². The first-order valence-corrected chi connectivity index (χ1v) is 4.18. The van der Waals surface area contributed by atoms with Crippen molar-refractivity contribution in [3.05, 3.63) is 0 Å². The molecule has 0 aromatic carbocycles. The first-order valence-electron chi connectivity index (χ1n) is 4.18. The van der Waals surface area contributed by atoms with Crippen LogP contribution in [0.4, 0.5) is 8.78 Å². The summed E-state index contributed by atoms with van der Waals surface area (Å²) in [6, 6.07) is 0. The van der Waals surface area contributed by atoms with Crippen molar-refractivity contribution in [2.75, 3.05) is 19.6 Å². The van der Waals surface area contributed by atoms with Gasteiger partial charge in [-0.25, -0.2) is 8.78 Å². The molecule has 3 heteroatoms. The SMILES string of the molecule is C#CCCN1CCCC(F)(F)C1. The zero-order valence-electron chi connectivity index (χ0n) is 7.02. The summed E-state index contributed by atoms with van der Waals surface area (Å²) in [5, 5.41) is 0. The molecule has 1 aliphatic heterocycles. The number of hydrogen-bond donors (Lipinski definition) is 0. The van der Waals surface area contributed by atoms with E-state index in [4.69, 9.17) is 6.42 Å². The van der Waals surface area contributed by atoms with Gasteiger partial charge < -0.3 is 0 Å². The molecule has 0 aliphatic carbocycles. The molecule has 0 N–H and O–H groups in total. The fraction of sp³-hybridized carbons (Fsp3) is 0.778. The predicted molar refractivity (Wildman–Crippen MR) is 44.1 cm³/mol. The second kappa shape index (κ2) is 3.86. The minimum atomic E-state index is -2.49. The largest absolute Gasteiger partial charge is 0.297 e. The molecule has 1 saturated heterocycles. The molecule has 1 nitrogen and oxygen atoms in total. The molecule has 1 rings (SSSR count). The zero-order chi connectivity index (χ0) is 9.03. The molecule has 0 saturated carbocycles. The van der Waals surface area contributed by atoms with Crippen LogP contribution in [0.1, 0.15) is 19.3 Å². The van der Waals surface area contributed by atoms with Crippen LogP contribution in [0.3, 0.4) is 0 Å². The number of hydrogen-bond acceptors (Lipinski definition) is 1. The standard InChI is InChI=1S/C9H13F2N/c1-2-3-6-12-7-4-5-9(10,11)8-12/h1H,3-8H2. The zero-order valence-corrected chi connectivity index (χ0v) is 7.02. The summed E-state index contributed by atoms with van der Waals surface area (Å²) in [6.07, 6.45) is 6.22. The third kappa shape index (κ3) is 2.78. The molecule has 12 heavy (non-hydrogen) atoms. The van der Waals surface area contributed by atoms with Gasteiger partial charge in [-0.1, -0.05) is 0 Å². The van der Waals surface area contributed by atoms with Crippen molar-refractivity contribution in [3.8, 4) is 12.3 Å². The highest BCUT2D eigenvalue weighted by molar-refractivity contribution is 4.87. The lowest BCUT2D eigenvalue weighted by atomic mass is 10.1. The molecule has 1 heterocycles. The number of halogens is 2. The summed E-state index contributed by atoms with van der Waals surface area (Å²) in [6.45, 7) is 1.25. The van der Waals surface area contributed by atoms with Gasteiger partial charge in [0.05, 0.1) is 6.54 Å². The van der Waals surface area contributed by atoms with E-state index in [1.807, 2.05) is 0 Å². The third-order valence-corrected chi connectivity index (χ3v) is 2.04. The highest BCUT2D eigenvalue weighted by Crippen LogP contribution is 2.26. The van der Waals surface area contributed by atoms with E-state index < -0.39 is 5.92 Å². The maximum Gasteiger partial charge on any atom is 0.260 e. The molecule has 1 aliphatic rings. The Hall–Kier alpha value is -0.620. The summed E-state index contributed by atoms with van der Waals surface area (Å²) >= 11 is 0. The molecule has 1 fully saturated rings. The summed E-state index contributed by atoms with van der Waals surface area (Å²) in [7, 11) is 0. The fourth-order valence-electron chi connectivity index (χ4n) is 1.46. The lowest BCUT2D eigenvalue weighted by Crippen LogP contribution is -2.42. The molecule has 0 aromatic heterocycles. The van der Waals surface area contributed by atoms with E-state index in [-0.39, 0.29) is 13.0 Å². The Balaban J connectivity index is 2.32. The number of piperidine rings is 1. The second-order valence-electron chi connectivity index (χ2n) is 3.19. The van der Waals surface area contributed by atoms with Crippen molar-refractivity contribution >= 4 is 0 Å². The topological polar surface area (TPSA) is 3.24 Å². The third-order valence-electron chi connectivity index (χ3n) is 2.04. The Morgan fingerprint density at radius 1 is 1.50 bits per heavy atom. The van der Waals surface area contributed by atoms with Gasteiger partial charge in [-0.3, -0.25) is 4.90 Å². The van der Waals surface area contributed by atoms with Crippen LogP contribution in [0.5, 0.6) is 0 Å². The van der Waals surface area contributed by atoms with Crippen LogP contribution in [-0.2, 0) is 0 Å². The average Bonchev–Trinajstić information content (AvgIpc) is 1.99. The highest BCUT2D eigenvalue weighted by atomic mass is 19.3. The number of nitrogens with zero attached hydrogens (tertiary/aromatic N) is 1. The van der Waals surface area contributed by atoms with Gasteiger partial charge >= 0.3 is 0 Å². The van der Waals surface area contributed by atoms with Crippen LogP contribution >= 0.6 is 0 Å². The average molecular weight is 173 g/mol. The lowest BCUT2D eigenvalue weighted by Gasteiger charge is -2.31. The summed E-state index contributed by atoms with van der Waals surface area (Å²) in [5.74, 6) is -0.0374. The molecular formula is C9H13F2N. The van der Waals surface area contributed by atoms with Crippen molar-refractivity contribution in [1.82, 2.24) is 4.90 Å². The number of rotatable bonds is 2. The van der Waals surface area contributed by atoms with E-state index in [9.17, 15) is 8.78 Å². The van der Waals surface area contributed by atoms with Crippen LogP contribution in [0.25, 0.3) is 0 Å². The molecule has 0 amide bonds. The smallest absolute Gasteiger partial charge is 0.260 e. The normalized spacial score (nSPS) is 23.4. The van der Waals surface area contributed by atoms with Gasteiger partial charge in [-0.15, -0.1) is 12.3 Å². The van der Waals surface area contributed by atoms with Gasteiger partial charge in [0.15, 0.2) is 0 Å². The molecule has 0 unspecified atom stereocenters. The van der Waals surface area contributed by atoms with E-state index in [2.05, 4.69) is 5.92 Å². The molecule has 68 valence electrons. The Morgan fingerprint density at radius 2 is 2.25 bits per heavy atom. The van der Waals surface area contributed by atoms with E-state index in [0.29, 0.717) is 19.4 Å². The van der Waals surface area contributed by atoms with Gasteiger partial charge in [0.25, 0.3) is 5.92 Å². The van der Waals surface area contributed by atoms with Crippen LogP contribution in [0.2, 0.25) is 0 Å². The van der Waals surface area contributed by atoms with Crippen LogP contribution < -0.4 is 0 Å². The van der Waals surface area contributed by atoms with Gasteiger partial charge in [0, 0.05) is 19.4 Å². The summed E-state index contributed by atoms with van der Waals surface area (Å²) < 4.78 is 25.6. The van der Waals surface area contributed by atoms with Crippen molar-refractivity contribution in [3.63, 3.8) is 0 Å². The molecule has 0 bridgehead atoms. The van der Waals surface area contributed by atoms with Gasteiger partial charge in [-0.2, -0.15) is 0 Å². The van der Waals surface area contributed by atoms with E-state index >= 15 is 0 Å². The quantitative estimate of drug-likeness (QED) is 0.575. The Morgan fingerprint density at radius 3 is 2.83 bits per heavy atom. The van der Waals surface area contributed by atoms with E-state index in [1.165, 1.54) is 0 Å². The fourth-order valence-corrected chi connectivity index (χ4v) is 1.46. The monoisotopic (exact) mass is 173 g/mol. The minimum absolute atomic E-state index is 0.0273. The first-order chi connectivity index (χ1) is 5.64. The van der Waals surface area contributed by atoms with Crippen LogP contribution in [-0.4, -0.2) is 30.5 Å². The number of alkyl halides is 2. The van der Waals surface area contributed by atoms with Crippen LogP contribution in [0.15, 0.2) is 0 Å². The Labute approximate surface area is 71.7 Å². The maximum atomic E-state index is 12.8. The van der Waals surface area contributed by atoms with E-state index in [1.54, 1.807) is 4.90 Å². The molecule has 0 radical (unpaired) electrons. The van der Waals surface area contributed by atoms with Crippen molar-refractivity contribution in [2.24, 2.45) is 0 Å². The van der Waals surface area contributed by atoms with E-state index in [0.717, 1.165) is 6.54 Å². The summed E-state index contributed by atoms with van der Waals surface area (Å²) in [4.78, 5) is 1.74. The Bertz CT molecular complexity index is 183.